The van der Waals surface area contributed by atoms with Crippen LogP contribution in [0.4, 0.5) is 0 Å². The van der Waals surface area contributed by atoms with Crippen molar-refractivity contribution in [3.8, 4) is 0 Å². The molecule has 22 heavy (non-hydrogen) atoms. The molecule has 4 rings (SSSR count). The monoisotopic (exact) mass is 312 g/mol. The van der Waals surface area contributed by atoms with Crippen molar-refractivity contribution >= 4 is 23.9 Å². The highest BCUT2D eigenvalue weighted by Gasteiger charge is 2.61. The molecule has 0 aromatic rings. The fourth-order valence-electron chi connectivity index (χ4n) is 4.06. The predicted octanol–water partition coefficient (Wildman–Crippen LogP) is 1.96. The van der Waals surface area contributed by atoms with E-state index < -0.39 is 23.9 Å². The van der Waals surface area contributed by atoms with Gasteiger partial charge in [-0.3, -0.25) is 19.2 Å². The lowest BCUT2D eigenvalue weighted by Gasteiger charge is -2.42. The van der Waals surface area contributed by atoms with Crippen LogP contribution in [0.1, 0.15) is 41.5 Å². The minimum Gasteiger partial charge on any atom is -0.393 e. The van der Waals surface area contributed by atoms with Gasteiger partial charge < -0.3 is 9.47 Å². The van der Waals surface area contributed by atoms with Gasteiger partial charge in [-0.2, -0.15) is 0 Å². The molecule has 0 aromatic heterocycles. The van der Waals surface area contributed by atoms with Crippen molar-refractivity contribution in [2.75, 3.05) is 0 Å². The van der Waals surface area contributed by atoms with Crippen LogP contribution in [0, 0.1) is 35.5 Å². The van der Waals surface area contributed by atoms with E-state index >= 15 is 0 Å². The Balaban J connectivity index is 0.000000807. The molecule has 0 N–H and O–H groups in total. The first kappa shape index (κ1) is 18.3. The van der Waals surface area contributed by atoms with Crippen LogP contribution >= 0.6 is 0 Å². The smallest absolute Gasteiger partial charge is 0.317 e. The second-order valence-electron chi connectivity index (χ2n) is 5.97. The van der Waals surface area contributed by atoms with Crippen molar-refractivity contribution in [1.29, 1.82) is 0 Å². The van der Waals surface area contributed by atoms with Gasteiger partial charge in [-0.1, -0.05) is 22.3 Å². The summed E-state index contributed by atoms with van der Waals surface area (Å²) in [6.07, 6.45) is 2.02. The summed E-state index contributed by atoms with van der Waals surface area (Å²) in [4.78, 5) is 45.6. The number of hydrogen-bond donors (Lipinski definition) is 0. The van der Waals surface area contributed by atoms with E-state index in [1.165, 1.54) is 0 Å². The third kappa shape index (κ3) is 2.16. The molecule has 0 bridgehead atoms. The van der Waals surface area contributed by atoms with Crippen LogP contribution in [0.3, 0.4) is 0 Å². The summed E-state index contributed by atoms with van der Waals surface area (Å²) in [6, 6.07) is 0. The molecule has 4 fully saturated rings. The first-order valence-electron chi connectivity index (χ1n) is 6.57. The van der Waals surface area contributed by atoms with E-state index in [-0.39, 0.29) is 57.8 Å². The number of ether oxygens (including phenoxy) is 2. The topological polar surface area (TPSA) is 86.7 Å². The van der Waals surface area contributed by atoms with E-state index in [4.69, 9.17) is 0 Å². The zero-order valence-corrected chi connectivity index (χ0v) is 10.0. The molecule has 0 aromatic carbocycles. The van der Waals surface area contributed by atoms with Crippen molar-refractivity contribution in [3.05, 3.63) is 0 Å². The van der Waals surface area contributed by atoms with Gasteiger partial charge in [-0.25, -0.2) is 0 Å². The average Bonchev–Trinajstić information content (AvgIpc) is 2.57. The number of rotatable bonds is 2. The van der Waals surface area contributed by atoms with E-state index in [9.17, 15) is 19.2 Å². The van der Waals surface area contributed by atoms with Crippen LogP contribution in [0.5, 0.6) is 0 Å². The summed E-state index contributed by atoms with van der Waals surface area (Å²) in [6.45, 7) is 0. The van der Waals surface area contributed by atoms with E-state index in [0.29, 0.717) is 19.3 Å². The van der Waals surface area contributed by atoms with E-state index in [1.54, 1.807) is 0 Å². The molecule has 2 aliphatic carbocycles. The zero-order valence-electron chi connectivity index (χ0n) is 10.0. The molecule has 6 unspecified atom stereocenters. The number of fused-ring (bicyclic) bond motifs is 2. The zero-order chi connectivity index (χ0) is 13.3. The molecule has 0 radical (unpaired) electrons. The highest BCUT2D eigenvalue weighted by molar-refractivity contribution is 5.99. The van der Waals surface area contributed by atoms with Crippen molar-refractivity contribution in [3.63, 3.8) is 0 Å². The van der Waals surface area contributed by atoms with Crippen molar-refractivity contribution < 1.29 is 28.7 Å². The fourth-order valence-corrected chi connectivity index (χ4v) is 4.06. The summed E-state index contributed by atoms with van der Waals surface area (Å²) in [5.74, 6) is -2.63. The average molecular weight is 312 g/mol. The summed E-state index contributed by atoms with van der Waals surface area (Å²) >= 11 is 0. The molecule has 4 aliphatic rings. The molecule has 6 atom stereocenters. The van der Waals surface area contributed by atoms with Gasteiger partial charge in [-0.05, 0) is 31.1 Å². The maximum absolute atomic E-state index is 11.5. The third-order valence-corrected chi connectivity index (χ3v) is 5.15. The maximum atomic E-state index is 11.5. The van der Waals surface area contributed by atoms with Gasteiger partial charge in [0.05, 0.1) is 23.7 Å². The molecule has 2 heterocycles. The lowest BCUT2D eigenvalue weighted by Crippen LogP contribution is -2.45. The molecule has 2 saturated heterocycles. The second-order valence-corrected chi connectivity index (χ2v) is 5.97. The van der Waals surface area contributed by atoms with Crippen LogP contribution in [0.15, 0.2) is 0 Å². The number of carbonyl (C=O) groups excluding carboxylic acids is 4. The fraction of sp³-hybridized carbons (Fsp3) is 0.750. The largest absolute Gasteiger partial charge is 0.393 e. The minimum absolute atomic E-state index is 0. The molecule has 2 aliphatic heterocycles. The first-order chi connectivity index (χ1) is 9.06. The van der Waals surface area contributed by atoms with Gasteiger partial charge in [0.25, 0.3) is 0 Å². The van der Waals surface area contributed by atoms with Gasteiger partial charge in [0.1, 0.15) is 0 Å². The Bertz CT molecular complexity index is 479. The minimum atomic E-state index is -0.424. The van der Waals surface area contributed by atoms with Gasteiger partial charge in [0.2, 0.25) is 0 Å². The second kappa shape index (κ2) is 5.82. The normalized spacial score (nSPS) is 40.5. The molecule has 124 valence electrons. The Morgan fingerprint density at radius 2 is 1.05 bits per heavy atom. The molecule has 0 amide bonds. The van der Waals surface area contributed by atoms with Crippen LogP contribution in [-0.2, 0) is 28.7 Å². The highest BCUT2D eigenvalue weighted by atomic mass is 16.6. The van der Waals surface area contributed by atoms with Crippen LogP contribution in [0.25, 0.3) is 0 Å². The van der Waals surface area contributed by atoms with Gasteiger partial charge in [0, 0.05) is 0 Å². The van der Waals surface area contributed by atoms with Crippen LogP contribution in [0.2, 0.25) is 0 Å². The molecule has 6 heteroatoms. The summed E-state index contributed by atoms with van der Waals surface area (Å²) in [5, 5.41) is 0. The standard InChI is InChI=1S/C13H12O6.3CH4/c14-10-6-2-4(8(6)12(16)18-10)1-5-3-7-9(5)13(17)19-11(7)15;;;/h4-9H,1-3H2;3*1H4. The number of hydrogen-bond acceptors (Lipinski definition) is 6. The van der Waals surface area contributed by atoms with Gasteiger partial charge in [-0.15, -0.1) is 0 Å². The molecule has 6 nitrogen and oxygen atoms in total. The third-order valence-electron chi connectivity index (χ3n) is 5.15. The van der Waals surface area contributed by atoms with E-state index in [1.807, 2.05) is 0 Å². The van der Waals surface area contributed by atoms with Crippen LogP contribution < -0.4 is 0 Å². The molecular weight excluding hydrogens is 288 g/mol. The molecule has 0 spiro atoms. The number of esters is 4. The lowest BCUT2D eigenvalue weighted by atomic mass is 9.57. The Labute approximate surface area is 130 Å². The Kier molecular flexibility index (Phi) is 4.85. The van der Waals surface area contributed by atoms with Crippen molar-refractivity contribution in [1.82, 2.24) is 0 Å². The maximum Gasteiger partial charge on any atom is 0.317 e. The quantitative estimate of drug-likeness (QED) is 0.572. The number of cyclic esters (lactones) is 4. The van der Waals surface area contributed by atoms with Gasteiger partial charge >= 0.3 is 23.9 Å². The lowest BCUT2D eigenvalue weighted by molar-refractivity contribution is -0.155. The Hall–Kier alpha value is -1.72. The molecule has 2 saturated carbocycles. The Morgan fingerprint density at radius 3 is 1.36 bits per heavy atom. The summed E-state index contributed by atoms with van der Waals surface area (Å²) < 4.78 is 9.23. The van der Waals surface area contributed by atoms with Crippen molar-refractivity contribution in [2.45, 2.75) is 41.5 Å². The van der Waals surface area contributed by atoms with Crippen LogP contribution in [-0.4, -0.2) is 23.9 Å². The van der Waals surface area contributed by atoms with E-state index in [2.05, 4.69) is 9.47 Å². The Morgan fingerprint density at radius 1 is 0.682 bits per heavy atom. The summed E-state index contributed by atoms with van der Waals surface area (Å²) in [7, 11) is 0. The number of carbonyl (C=O) groups is 4. The SMILES string of the molecule is C.C.C.O=C1OC(=O)C2C(CC3CC4C(=O)OC(=O)C34)CC12. The van der Waals surface area contributed by atoms with Crippen molar-refractivity contribution in [2.24, 2.45) is 35.5 Å². The van der Waals surface area contributed by atoms with E-state index in [0.717, 1.165) is 0 Å². The predicted molar refractivity (Wildman–Crippen MR) is 77.2 cm³/mol. The first-order valence-corrected chi connectivity index (χ1v) is 6.57. The summed E-state index contributed by atoms with van der Waals surface area (Å²) in [5.41, 5.74) is 0. The van der Waals surface area contributed by atoms with Gasteiger partial charge in [0.15, 0.2) is 0 Å². The molecular formula is C16H24O6. The highest BCUT2D eigenvalue weighted by Crippen LogP contribution is 2.55.